The van der Waals surface area contributed by atoms with Gasteiger partial charge in [0.15, 0.2) is 0 Å². The average molecular weight is 292 g/mol. The summed E-state index contributed by atoms with van der Waals surface area (Å²) < 4.78 is 20.1. The Morgan fingerprint density at radius 1 is 1.50 bits per heavy atom. The summed E-state index contributed by atoms with van der Waals surface area (Å²) >= 11 is 0. The van der Waals surface area contributed by atoms with Crippen LogP contribution in [0, 0.1) is 0 Å². The fraction of sp³-hybridized carbons (Fsp3) is 0.533. The van der Waals surface area contributed by atoms with Crippen LogP contribution in [0.1, 0.15) is 37.6 Å². The fourth-order valence-electron chi connectivity index (χ4n) is 2.71. The maximum atomic E-state index is 12.8. The van der Waals surface area contributed by atoms with Gasteiger partial charge in [0.1, 0.15) is 16.5 Å². The van der Waals surface area contributed by atoms with Crippen molar-refractivity contribution in [1.29, 1.82) is 0 Å². The molecule has 1 fully saturated rings. The Kier molecular flexibility index (Phi) is 3.12. The molecule has 5 heteroatoms. The molecule has 0 N–H and O–H groups in total. The van der Waals surface area contributed by atoms with Crippen LogP contribution in [-0.2, 0) is 27.8 Å². The molecular formula is C15H20N2O2S. The third kappa shape index (κ3) is 1.88. The van der Waals surface area contributed by atoms with E-state index in [1.54, 1.807) is 6.08 Å². The molecule has 1 unspecified atom stereocenters. The normalized spacial score (nSPS) is 22.4. The lowest BCUT2D eigenvalue weighted by Gasteiger charge is -2.46. The highest BCUT2D eigenvalue weighted by atomic mass is 32.2. The van der Waals surface area contributed by atoms with Gasteiger partial charge in [0.2, 0.25) is 0 Å². The van der Waals surface area contributed by atoms with Crippen LogP contribution in [-0.4, -0.2) is 31.5 Å². The fourth-order valence-corrected chi connectivity index (χ4v) is 4.14. The number of pyridine rings is 1. The topological polar surface area (TPSA) is 42.4 Å². The average Bonchev–Trinajstić information content (AvgIpc) is 2.69. The molecule has 3 rings (SSSR count). The predicted molar refractivity (Wildman–Crippen MR) is 80.3 cm³/mol. The highest BCUT2D eigenvalue weighted by molar-refractivity contribution is 7.84. The van der Waals surface area contributed by atoms with E-state index in [0.717, 1.165) is 16.8 Å². The first-order valence-electron chi connectivity index (χ1n) is 6.78. The van der Waals surface area contributed by atoms with E-state index in [4.69, 9.17) is 4.74 Å². The first kappa shape index (κ1) is 13.9. The molecule has 0 bridgehead atoms. The van der Waals surface area contributed by atoms with Gasteiger partial charge in [-0.25, -0.2) is 8.51 Å². The van der Waals surface area contributed by atoms with Crippen LogP contribution in [0.25, 0.3) is 6.08 Å². The lowest BCUT2D eigenvalue weighted by atomic mass is 9.89. The van der Waals surface area contributed by atoms with Gasteiger partial charge in [-0.15, -0.1) is 0 Å². The monoisotopic (exact) mass is 292 g/mol. The van der Waals surface area contributed by atoms with Gasteiger partial charge < -0.3 is 4.74 Å². The van der Waals surface area contributed by atoms with Gasteiger partial charge in [0.05, 0.1) is 30.2 Å². The molecule has 0 aromatic carbocycles. The summed E-state index contributed by atoms with van der Waals surface area (Å²) in [5, 5.41) is 0. The molecule has 2 aliphatic rings. The maximum Gasteiger partial charge on any atom is 0.107 e. The first-order chi connectivity index (χ1) is 9.38. The molecular weight excluding hydrogens is 272 g/mol. The van der Waals surface area contributed by atoms with Gasteiger partial charge in [-0.2, -0.15) is 0 Å². The molecule has 1 aromatic heterocycles. The summed E-state index contributed by atoms with van der Waals surface area (Å²) in [5.41, 5.74) is 2.90. The Labute approximate surface area is 122 Å². The summed E-state index contributed by atoms with van der Waals surface area (Å²) in [6.07, 6.45) is 3.62. The van der Waals surface area contributed by atoms with Crippen LogP contribution in [0.5, 0.6) is 0 Å². The molecule has 4 nitrogen and oxygen atoms in total. The summed E-state index contributed by atoms with van der Waals surface area (Å²) in [7, 11) is -1.08. The smallest absolute Gasteiger partial charge is 0.107 e. The Balaban J connectivity index is 2.05. The quantitative estimate of drug-likeness (QED) is 0.839. The lowest BCUT2D eigenvalue weighted by molar-refractivity contribution is -0.109. The van der Waals surface area contributed by atoms with Gasteiger partial charge in [-0.3, -0.25) is 4.98 Å². The minimum absolute atomic E-state index is 0.264. The van der Waals surface area contributed by atoms with E-state index in [9.17, 15) is 4.21 Å². The second-order valence-corrected chi connectivity index (χ2v) is 8.55. The van der Waals surface area contributed by atoms with Crippen molar-refractivity contribution in [2.45, 2.75) is 37.6 Å². The number of ether oxygens (including phenoxy) is 1. The molecule has 108 valence electrons. The van der Waals surface area contributed by atoms with E-state index in [2.05, 4.69) is 21.9 Å². The second kappa shape index (κ2) is 4.48. The third-order valence-electron chi connectivity index (χ3n) is 3.90. The molecule has 0 saturated carbocycles. The molecule has 0 aliphatic carbocycles. The second-order valence-electron chi connectivity index (χ2n) is 6.39. The molecule has 3 heterocycles. The standard InChI is InChI=1S/C15H20N2O2S/c1-5-11-6-12-13(16-7-11)8-17(15(12)9-19-10-15)20(18)14(2,3)4/h5-7H,1,8-10H2,2-4H3. The van der Waals surface area contributed by atoms with Crippen molar-refractivity contribution in [2.24, 2.45) is 0 Å². The minimum atomic E-state index is -1.08. The van der Waals surface area contributed by atoms with Crippen LogP contribution in [0.2, 0.25) is 0 Å². The SMILES string of the molecule is C=Cc1cnc2c(c1)C1(COC1)N(S(=O)C(C)(C)C)C2. The number of rotatable bonds is 2. The summed E-state index contributed by atoms with van der Waals surface area (Å²) in [6.45, 7) is 11.6. The number of hydrogen-bond acceptors (Lipinski definition) is 3. The van der Waals surface area contributed by atoms with E-state index < -0.39 is 11.0 Å². The van der Waals surface area contributed by atoms with Crippen molar-refractivity contribution >= 4 is 17.1 Å². The van der Waals surface area contributed by atoms with Crippen molar-refractivity contribution < 1.29 is 8.95 Å². The molecule has 0 radical (unpaired) electrons. The van der Waals surface area contributed by atoms with E-state index >= 15 is 0 Å². The Bertz CT molecular complexity index is 588. The van der Waals surface area contributed by atoms with E-state index in [-0.39, 0.29) is 10.3 Å². The van der Waals surface area contributed by atoms with Crippen molar-refractivity contribution in [3.8, 4) is 0 Å². The van der Waals surface area contributed by atoms with Gasteiger partial charge in [0, 0.05) is 11.8 Å². The predicted octanol–water partition coefficient (Wildman–Crippen LogP) is 2.23. The number of fused-ring (bicyclic) bond motifs is 2. The van der Waals surface area contributed by atoms with Crippen molar-refractivity contribution in [3.05, 3.63) is 35.7 Å². The Hall–Kier alpha value is -1.04. The molecule has 20 heavy (non-hydrogen) atoms. The molecule has 1 saturated heterocycles. The van der Waals surface area contributed by atoms with Crippen LogP contribution in [0.4, 0.5) is 0 Å². The van der Waals surface area contributed by atoms with Crippen molar-refractivity contribution in [1.82, 2.24) is 9.29 Å². The number of nitrogens with zero attached hydrogens (tertiary/aromatic N) is 2. The van der Waals surface area contributed by atoms with Crippen LogP contribution < -0.4 is 0 Å². The molecule has 1 aromatic rings. The highest BCUT2D eigenvalue weighted by Crippen LogP contribution is 2.46. The van der Waals surface area contributed by atoms with Crippen LogP contribution in [0.15, 0.2) is 18.8 Å². The summed E-state index contributed by atoms with van der Waals surface area (Å²) in [4.78, 5) is 4.52. The minimum Gasteiger partial charge on any atom is -0.377 e. The number of aromatic nitrogens is 1. The van der Waals surface area contributed by atoms with Crippen LogP contribution in [0.3, 0.4) is 0 Å². The lowest BCUT2D eigenvalue weighted by Crippen LogP contribution is -2.58. The third-order valence-corrected chi connectivity index (χ3v) is 5.83. The number of hydrogen-bond donors (Lipinski definition) is 0. The first-order valence-corrected chi connectivity index (χ1v) is 7.88. The van der Waals surface area contributed by atoms with Gasteiger partial charge in [-0.05, 0) is 32.4 Å². The summed E-state index contributed by atoms with van der Waals surface area (Å²) in [6, 6.07) is 2.11. The van der Waals surface area contributed by atoms with E-state index in [1.807, 2.05) is 27.0 Å². The van der Waals surface area contributed by atoms with E-state index in [0.29, 0.717) is 19.8 Å². The molecule has 2 aliphatic heterocycles. The van der Waals surface area contributed by atoms with Crippen LogP contribution >= 0.6 is 0 Å². The largest absolute Gasteiger partial charge is 0.377 e. The van der Waals surface area contributed by atoms with Crippen molar-refractivity contribution in [3.63, 3.8) is 0 Å². The zero-order valence-corrected chi connectivity index (χ0v) is 13.0. The highest BCUT2D eigenvalue weighted by Gasteiger charge is 2.55. The molecule has 1 spiro atoms. The summed E-state index contributed by atoms with van der Waals surface area (Å²) in [5.74, 6) is 0. The van der Waals surface area contributed by atoms with Gasteiger partial charge >= 0.3 is 0 Å². The molecule has 0 amide bonds. The Morgan fingerprint density at radius 3 is 2.70 bits per heavy atom. The van der Waals surface area contributed by atoms with Gasteiger partial charge in [0.25, 0.3) is 0 Å². The van der Waals surface area contributed by atoms with Crippen molar-refractivity contribution in [2.75, 3.05) is 13.2 Å². The van der Waals surface area contributed by atoms with Gasteiger partial charge in [-0.1, -0.05) is 12.7 Å². The zero-order valence-electron chi connectivity index (χ0n) is 12.2. The zero-order chi connectivity index (χ0) is 14.5. The molecule has 1 atom stereocenters. The maximum absolute atomic E-state index is 12.8. The Morgan fingerprint density at radius 2 is 2.20 bits per heavy atom. The van der Waals surface area contributed by atoms with E-state index in [1.165, 1.54) is 0 Å².